The Morgan fingerprint density at radius 1 is 0.867 bits per heavy atom. The lowest BCUT2D eigenvalue weighted by Gasteiger charge is -2.23. The van der Waals surface area contributed by atoms with E-state index in [4.69, 9.17) is 0 Å². The van der Waals surface area contributed by atoms with Gasteiger partial charge in [-0.3, -0.25) is 14.5 Å². The molecule has 2 amide bonds. The predicted molar refractivity (Wildman–Crippen MR) is 108 cm³/mol. The number of hydrogen-bond acceptors (Lipinski definition) is 4. The van der Waals surface area contributed by atoms with Crippen LogP contribution >= 0.6 is 0 Å². The van der Waals surface area contributed by atoms with E-state index in [1.165, 1.54) is 18.2 Å². The van der Waals surface area contributed by atoms with Crippen LogP contribution in [-0.2, 0) is 9.59 Å². The fraction of sp³-hybridized carbons (Fsp3) is 0.333. The third kappa shape index (κ3) is 6.21. The van der Waals surface area contributed by atoms with Crippen molar-refractivity contribution in [3.05, 3.63) is 59.9 Å². The number of carbonyl (C=O) groups is 2. The van der Waals surface area contributed by atoms with Gasteiger partial charge in [-0.05, 0) is 42.8 Å². The summed E-state index contributed by atoms with van der Waals surface area (Å²) in [4.78, 5) is 28.2. The van der Waals surface area contributed by atoms with Gasteiger partial charge in [0.15, 0.2) is 11.6 Å². The zero-order valence-corrected chi connectivity index (χ0v) is 16.3. The van der Waals surface area contributed by atoms with Crippen LogP contribution in [-0.4, -0.2) is 56.0 Å². The molecule has 1 fully saturated rings. The Balaban J connectivity index is 1.41. The van der Waals surface area contributed by atoms with Crippen LogP contribution in [0.1, 0.15) is 6.42 Å². The molecular formula is C21H23F3N4O2. The van der Waals surface area contributed by atoms with E-state index in [0.29, 0.717) is 13.1 Å². The maximum atomic E-state index is 13.2. The van der Waals surface area contributed by atoms with Gasteiger partial charge in [-0.15, -0.1) is 0 Å². The first-order valence-corrected chi connectivity index (χ1v) is 9.65. The van der Waals surface area contributed by atoms with Crippen molar-refractivity contribution in [1.82, 2.24) is 10.2 Å². The Kier molecular flexibility index (Phi) is 7.29. The van der Waals surface area contributed by atoms with Gasteiger partial charge in [0.05, 0.1) is 13.1 Å². The lowest BCUT2D eigenvalue weighted by atomic mass is 10.2. The van der Waals surface area contributed by atoms with Crippen molar-refractivity contribution in [3.8, 4) is 0 Å². The molecule has 3 rings (SSSR count). The number of nitrogens with one attached hydrogen (secondary N) is 2. The molecule has 0 radical (unpaired) electrons. The molecular weight excluding hydrogens is 397 g/mol. The summed E-state index contributed by atoms with van der Waals surface area (Å²) >= 11 is 0. The van der Waals surface area contributed by atoms with Crippen LogP contribution in [0.5, 0.6) is 0 Å². The van der Waals surface area contributed by atoms with Gasteiger partial charge >= 0.3 is 0 Å². The Bertz CT molecular complexity index is 892. The Morgan fingerprint density at radius 2 is 1.63 bits per heavy atom. The van der Waals surface area contributed by atoms with Crippen LogP contribution in [0, 0.1) is 17.5 Å². The Labute approximate surface area is 172 Å². The summed E-state index contributed by atoms with van der Waals surface area (Å²) in [5.74, 6) is -3.18. The van der Waals surface area contributed by atoms with Crippen LogP contribution in [0.25, 0.3) is 0 Å². The Morgan fingerprint density at radius 3 is 2.37 bits per heavy atom. The topological polar surface area (TPSA) is 64.7 Å². The monoisotopic (exact) mass is 420 g/mol. The number of rotatable bonds is 6. The third-order valence-electron chi connectivity index (χ3n) is 4.80. The zero-order valence-electron chi connectivity index (χ0n) is 16.3. The minimum atomic E-state index is -1.06. The number of anilines is 2. The van der Waals surface area contributed by atoms with E-state index in [0.717, 1.165) is 37.3 Å². The summed E-state index contributed by atoms with van der Waals surface area (Å²) < 4.78 is 39.2. The van der Waals surface area contributed by atoms with E-state index in [1.54, 1.807) is 12.1 Å². The van der Waals surface area contributed by atoms with Gasteiger partial charge in [0.1, 0.15) is 5.82 Å². The lowest BCUT2D eigenvalue weighted by molar-refractivity contribution is -0.125. The largest absolute Gasteiger partial charge is 0.370 e. The standard InChI is InChI=1S/C21H23F3N4O2/c22-15-2-5-17(6-3-15)28-9-1-8-27(10-11-28)14-21(30)25-13-20(29)26-16-4-7-18(23)19(24)12-16/h2-7,12H,1,8-11,13-14H2,(H,25,30)(H,26,29). The molecule has 9 heteroatoms. The smallest absolute Gasteiger partial charge is 0.243 e. The van der Waals surface area contributed by atoms with Crippen molar-refractivity contribution < 1.29 is 22.8 Å². The molecule has 0 unspecified atom stereocenters. The first-order valence-electron chi connectivity index (χ1n) is 9.65. The number of nitrogens with zero attached hydrogens (tertiary/aromatic N) is 2. The van der Waals surface area contributed by atoms with Gasteiger partial charge in [-0.1, -0.05) is 0 Å². The molecule has 160 valence electrons. The summed E-state index contributed by atoms with van der Waals surface area (Å²) in [7, 11) is 0. The molecule has 0 bridgehead atoms. The molecule has 0 saturated carbocycles. The molecule has 2 N–H and O–H groups in total. The molecule has 0 aromatic heterocycles. The molecule has 2 aromatic rings. The molecule has 1 aliphatic rings. The van der Waals surface area contributed by atoms with Gasteiger partial charge in [-0.2, -0.15) is 0 Å². The number of hydrogen-bond donors (Lipinski definition) is 2. The summed E-state index contributed by atoms with van der Waals surface area (Å²) in [6.45, 7) is 2.77. The van der Waals surface area contributed by atoms with E-state index < -0.39 is 17.5 Å². The van der Waals surface area contributed by atoms with Crippen molar-refractivity contribution in [2.24, 2.45) is 0 Å². The highest BCUT2D eigenvalue weighted by atomic mass is 19.2. The van der Waals surface area contributed by atoms with E-state index >= 15 is 0 Å². The quantitative estimate of drug-likeness (QED) is 0.753. The van der Waals surface area contributed by atoms with Crippen molar-refractivity contribution in [2.75, 3.05) is 49.5 Å². The Hall–Kier alpha value is -3.07. The second kappa shape index (κ2) is 10.1. The normalized spacial score (nSPS) is 14.8. The summed E-state index contributed by atoms with van der Waals surface area (Å²) in [6, 6.07) is 9.36. The zero-order chi connectivity index (χ0) is 21.5. The maximum absolute atomic E-state index is 13.2. The molecule has 2 aromatic carbocycles. The minimum Gasteiger partial charge on any atom is -0.370 e. The van der Waals surface area contributed by atoms with Gasteiger partial charge in [0.25, 0.3) is 0 Å². The molecule has 0 aliphatic carbocycles. The second-order valence-corrected chi connectivity index (χ2v) is 7.05. The highest BCUT2D eigenvalue weighted by Crippen LogP contribution is 2.17. The summed E-state index contributed by atoms with van der Waals surface area (Å²) in [6.07, 6.45) is 0.848. The third-order valence-corrected chi connectivity index (χ3v) is 4.80. The number of halogens is 3. The van der Waals surface area contributed by atoms with E-state index in [1.807, 2.05) is 4.90 Å². The van der Waals surface area contributed by atoms with Gasteiger partial charge in [0.2, 0.25) is 11.8 Å². The molecule has 0 atom stereocenters. The van der Waals surface area contributed by atoms with Gasteiger partial charge < -0.3 is 15.5 Å². The summed E-state index contributed by atoms with van der Waals surface area (Å²) in [5, 5.41) is 4.93. The van der Waals surface area contributed by atoms with Crippen LogP contribution < -0.4 is 15.5 Å². The van der Waals surface area contributed by atoms with Gasteiger partial charge in [0, 0.05) is 43.6 Å². The maximum Gasteiger partial charge on any atom is 0.243 e. The molecule has 1 heterocycles. The van der Waals surface area contributed by atoms with Crippen LogP contribution in [0.15, 0.2) is 42.5 Å². The fourth-order valence-corrected chi connectivity index (χ4v) is 3.26. The summed E-state index contributed by atoms with van der Waals surface area (Å²) in [5.41, 5.74) is 1.05. The van der Waals surface area contributed by atoms with Crippen LogP contribution in [0.4, 0.5) is 24.5 Å². The highest BCUT2D eigenvalue weighted by molar-refractivity contribution is 5.94. The minimum absolute atomic E-state index is 0.113. The second-order valence-electron chi connectivity index (χ2n) is 7.05. The molecule has 0 spiro atoms. The fourth-order valence-electron chi connectivity index (χ4n) is 3.26. The molecule has 30 heavy (non-hydrogen) atoms. The average Bonchev–Trinajstić information content (AvgIpc) is 2.95. The molecule has 1 saturated heterocycles. The van der Waals surface area contributed by atoms with E-state index in [2.05, 4.69) is 15.5 Å². The number of amides is 2. The van der Waals surface area contributed by atoms with E-state index in [9.17, 15) is 22.8 Å². The van der Waals surface area contributed by atoms with Crippen LogP contribution in [0.2, 0.25) is 0 Å². The average molecular weight is 420 g/mol. The van der Waals surface area contributed by atoms with Gasteiger partial charge in [-0.25, -0.2) is 13.2 Å². The lowest BCUT2D eigenvalue weighted by Crippen LogP contribution is -2.41. The number of benzene rings is 2. The van der Waals surface area contributed by atoms with Crippen molar-refractivity contribution >= 4 is 23.2 Å². The number of carbonyl (C=O) groups excluding carboxylic acids is 2. The van der Waals surface area contributed by atoms with E-state index in [-0.39, 0.29) is 30.5 Å². The molecule has 1 aliphatic heterocycles. The van der Waals surface area contributed by atoms with Crippen LogP contribution in [0.3, 0.4) is 0 Å². The predicted octanol–water partition coefficient (Wildman–Crippen LogP) is 2.37. The molecule has 6 nitrogen and oxygen atoms in total. The van der Waals surface area contributed by atoms with Crippen molar-refractivity contribution in [2.45, 2.75) is 6.42 Å². The van der Waals surface area contributed by atoms with Crippen molar-refractivity contribution in [1.29, 1.82) is 0 Å². The first-order chi connectivity index (χ1) is 14.4. The first kappa shape index (κ1) is 21.6. The van der Waals surface area contributed by atoms with Crippen molar-refractivity contribution in [3.63, 3.8) is 0 Å². The SMILES string of the molecule is O=C(CN1CCCN(c2ccc(F)cc2)CC1)NCC(=O)Nc1ccc(F)c(F)c1. The highest BCUT2D eigenvalue weighted by Gasteiger charge is 2.18.